The first-order chi connectivity index (χ1) is 21.2. The number of amides is 3. The van der Waals surface area contributed by atoms with Crippen molar-refractivity contribution in [3.05, 3.63) is 102 Å². The molecule has 10 heteroatoms. The second-order valence-electron chi connectivity index (χ2n) is 11.7. The molecule has 4 atom stereocenters. The highest BCUT2D eigenvalue weighted by molar-refractivity contribution is 5.98. The van der Waals surface area contributed by atoms with Gasteiger partial charge in [-0.25, -0.2) is 9.59 Å². The van der Waals surface area contributed by atoms with Crippen molar-refractivity contribution in [1.82, 2.24) is 10.6 Å². The minimum Gasteiger partial charge on any atom is -0.465 e. The van der Waals surface area contributed by atoms with Crippen molar-refractivity contribution in [2.45, 2.75) is 62.3 Å². The molecule has 3 amide bonds. The zero-order chi connectivity index (χ0) is 31.1. The third-order valence-corrected chi connectivity index (χ3v) is 8.71. The molecule has 5 rings (SSSR count). The fourth-order valence-corrected chi connectivity index (χ4v) is 6.21. The van der Waals surface area contributed by atoms with Crippen LogP contribution in [0.25, 0.3) is 0 Å². The number of carbonyl (C=O) groups excluding carboxylic acids is 2. The molecule has 3 aromatic carbocycles. The zero-order valence-electron chi connectivity index (χ0n) is 24.8. The van der Waals surface area contributed by atoms with E-state index in [1.165, 1.54) is 0 Å². The molecule has 232 valence electrons. The molecule has 2 fully saturated rings. The summed E-state index contributed by atoms with van der Waals surface area (Å²) in [5.74, 6) is -0.731. The van der Waals surface area contributed by atoms with Gasteiger partial charge in [0.1, 0.15) is 11.6 Å². The first-order valence-electron chi connectivity index (χ1n) is 15.1. The molecule has 0 aromatic heterocycles. The van der Waals surface area contributed by atoms with E-state index in [0.717, 1.165) is 29.5 Å². The van der Waals surface area contributed by atoms with Gasteiger partial charge in [0.2, 0.25) is 5.91 Å². The molecule has 2 aliphatic rings. The number of nitrogens with one attached hydrogen (secondary N) is 3. The molecule has 6 N–H and O–H groups in total. The van der Waals surface area contributed by atoms with Crippen LogP contribution in [0.5, 0.6) is 0 Å². The van der Waals surface area contributed by atoms with Crippen LogP contribution < -0.4 is 21.7 Å². The van der Waals surface area contributed by atoms with Gasteiger partial charge in [0.05, 0.1) is 18.8 Å². The number of anilines is 1. The molecule has 0 spiro atoms. The minimum absolute atomic E-state index is 0.0750. The van der Waals surface area contributed by atoms with E-state index in [1.54, 1.807) is 0 Å². The Morgan fingerprint density at radius 3 is 2.16 bits per heavy atom. The highest BCUT2D eigenvalue weighted by Gasteiger charge is 2.51. The summed E-state index contributed by atoms with van der Waals surface area (Å²) in [6.07, 6.45) is 1.17. The number of primary amides is 1. The van der Waals surface area contributed by atoms with E-state index >= 15 is 0 Å². The van der Waals surface area contributed by atoms with E-state index < -0.39 is 35.7 Å². The lowest BCUT2D eigenvalue weighted by Crippen LogP contribution is -2.60. The average molecular weight is 601 g/mol. The SMILES string of the molecule is CC(OC(N)=O)(C1CC1)[C@@H]1CO[C@H](CCc2ccccc2NC(=O)[C@@H](NC(=O)O)C(c2ccccc2)c2ccccc2)CN1. The first-order valence-corrected chi connectivity index (χ1v) is 15.1. The second-order valence-corrected chi connectivity index (χ2v) is 11.7. The summed E-state index contributed by atoms with van der Waals surface area (Å²) in [7, 11) is 0. The van der Waals surface area contributed by atoms with Gasteiger partial charge in [-0.2, -0.15) is 0 Å². The number of ether oxygens (including phenoxy) is 2. The van der Waals surface area contributed by atoms with Crippen molar-refractivity contribution in [1.29, 1.82) is 0 Å². The van der Waals surface area contributed by atoms with Crippen LogP contribution in [-0.2, 0) is 20.7 Å². The van der Waals surface area contributed by atoms with E-state index in [4.69, 9.17) is 15.2 Å². The van der Waals surface area contributed by atoms with Gasteiger partial charge in [0, 0.05) is 24.1 Å². The van der Waals surface area contributed by atoms with Crippen LogP contribution in [0.4, 0.5) is 15.3 Å². The minimum atomic E-state index is -1.28. The standard InChI is InChI=1S/C34H40N4O6/c1-34(25-17-18-25,44-32(35)40)28-21-43-26(20-36-28)19-16-22-10-8-9-15-27(22)37-31(39)30(38-33(41)42)29(23-11-4-2-5-12-23)24-13-6-3-7-14-24/h2-15,25-26,28-30,36,38H,16-21H2,1H3,(H2,35,40)(H,37,39)(H,41,42)/t26-,28+,30+,34?/m1/s1. The summed E-state index contributed by atoms with van der Waals surface area (Å²) >= 11 is 0. The number of hydrogen-bond donors (Lipinski definition) is 5. The van der Waals surface area contributed by atoms with E-state index in [0.29, 0.717) is 31.7 Å². The van der Waals surface area contributed by atoms with E-state index in [2.05, 4.69) is 16.0 Å². The van der Waals surface area contributed by atoms with E-state index in [9.17, 15) is 19.5 Å². The maximum absolute atomic E-state index is 13.8. The molecule has 0 radical (unpaired) electrons. The summed E-state index contributed by atoms with van der Waals surface area (Å²) in [5, 5.41) is 18.7. The molecule has 1 saturated carbocycles. The van der Waals surface area contributed by atoms with Crippen LogP contribution in [-0.4, -0.2) is 60.1 Å². The Hall–Kier alpha value is -4.41. The zero-order valence-corrected chi connectivity index (χ0v) is 24.8. The molecule has 0 bridgehead atoms. The second kappa shape index (κ2) is 13.9. The summed E-state index contributed by atoms with van der Waals surface area (Å²) < 4.78 is 11.7. The van der Waals surface area contributed by atoms with Gasteiger partial charge in [-0.1, -0.05) is 78.9 Å². The van der Waals surface area contributed by atoms with Gasteiger partial charge >= 0.3 is 12.2 Å². The Morgan fingerprint density at radius 1 is 1.00 bits per heavy atom. The summed E-state index contributed by atoms with van der Waals surface area (Å²) in [5.41, 5.74) is 7.83. The Balaban J connectivity index is 1.27. The van der Waals surface area contributed by atoms with Gasteiger partial charge < -0.3 is 36.3 Å². The number of hydrogen-bond acceptors (Lipinski definition) is 6. The van der Waals surface area contributed by atoms with Crippen molar-refractivity contribution in [2.75, 3.05) is 18.5 Å². The molecule has 1 unspecified atom stereocenters. The number of benzene rings is 3. The van der Waals surface area contributed by atoms with E-state index in [-0.39, 0.29) is 18.1 Å². The monoisotopic (exact) mass is 600 g/mol. The largest absolute Gasteiger partial charge is 0.465 e. The molecule has 10 nitrogen and oxygen atoms in total. The van der Waals surface area contributed by atoms with Crippen LogP contribution in [0.1, 0.15) is 48.8 Å². The Morgan fingerprint density at radius 2 is 1.61 bits per heavy atom. The van der Waals surface area contributed by atoms with Crippen molar-refractivity contribution in [3.63, 3.8) is 0 Å². The number of carboxylic acid groups (broad SMARTS) is 1. The Labute approximate surface area is 257 Å². The van der Waals surface area contributed by atoms with Gasteiger partial charge in [0.25, 0.3) is 0 Å². The fourth-order valence-electron chi connectivity index (χ4n) is 6.21. The lowest BCUT2D eigenvalue weighted by atomic mass is 9.84. The van der Waals surface area contributed by atoms with Gasteiger partial charge in [-0.3, -0.25) is 4.79 Å². The Bertz CT molecular complexity index is 1390. The highest BCUT2D eigenvalue weighted by Crippen LogP contribution is 2.44. The predicted octanol–water partition coefficient (Wildman–Crippen LogP) is 4.65. The predicted molar refractivity (Wildman–Crippen MR) is 166 cm³/mol. The number of rotatable bonds is 12. The van der Waals surface area contributed by atoms with Crippen LogP contribution in [0.15, 0.2) is 84.9 Å². The highest BCUT2D eigenvalue weighted by atomic mass is 16.6. The van der Waals surface area contributed by atoms with Crippen LogP contribution >= 0.6 is 0 Å². The Kier molecular flexibility index (Phi) is 9.82. The molecule has 3 aromatic rings. The van der Waals surface area contributed by atoms with Gasteiger partial charge in [-0.15, -0.1) is 0 Å². The topological polar surface area (TPSA) is 152 Å². The van der Waals surface area contributed by atoms with Crippen LogP contribution in [0.3, 0.4) is 0 Å². The van der Waals surface area contributed by atoms with Crippen molar-refractivity contribution in [2.24, 2.45) is 11.7 Å². The molecular weight excluding hydrogens is 560 g/mol. The number of carbonyl (C=O) groups is 3. The molecular formula is C34H40N4O6. The molecule has 44 heavy (non-hydrogen) atoms. The van der Waals surface area contributed by atoms with Crippen LogP contribution in [0.2, 0.25) is 0 Å². The summed E-state index contributed by atoms with van der Waals surface area (Å²) in [6, 6.07) is 25.1. The van der Waals surface area contributed by atoms with Gasteiger partial charge in [-0.05, 0) is 55.4 Å². The number of aryl methyl sites for hydroxylation is 1. The molecule has 1 aliphatic heterocycles. The third-order valence-electron chi connectivity index (χ3n) is 8.71. The van der Waals surface area contributed by atoms with Crippen molar-refractivity contribution >= 4 is 23.8 Å². The first kappa shape index (κ1) is 31.0. The van der Waals surface area contributed by atoms with Crippen LogP contribution in [0, 0.1) is 5.92 Å². The van der Waals surface area contributed by atoms with Crippen molar-refractivity contribution < 1.29 is 29.0 Å². The van der Waals surface area contributed by atoms with Gasteiger partial charge in [0.15, 0.2) is 0 Å². The quantitative estimate of drug-likeness (QED) is 0.203. The fraction of sp³-hybridized carbons (Fsp3) is 0.382. The lowest BCUT2D eigenvalue weighted by Gasteiger charge is -2.41. The maximum atomic E-state index is 13.8. The number of nitrogens with two attached hydrogens (primary N) is 1. The summed E-state index contributed by atoms with van der Waals surface area (Å²) in [6.45, 7) is 2.90. The molecule has 1 aliphatic carbocycles. The number of para-hydroxylation sites is 1. The maximum Gasteiger partial charge on any atom is 0.405 e. The molecule has 1 saturated heterocycles. The number of morpholine rings is 1. The third kappa shape index (κ3) is 7.56. The van der Waals surface area contributed by atoms with Crippen molar-refractivity contribution in [3.8, 4) is 0 Å². The molecule has 1 heterocycles. The normalized spacial score (nSPS) is 20.2. The van der Waals surface area contributed by atoms with E-state index in [1.807, 2.05) is 91.9 Å². The summed E-state index contributed by atoms with van der Waals surface area (Å²) in [4.78, 5) is 37.3. The lowest BCUT2D eigenvalue weighted by molar-refractivity contribution is -0.118. The smallest absolute Gasteiger partial charge is 0.405 e. The average Bonchev–Trinajstić information content (AvgIpc) is 3.88.